The van der Waals surface area contributed by atoms with E-state index in [1.807, 2.05) is 6.92 Å². The van der Waals surface area contributed by atoms with Gasteiger partial charge in [0.25, 0.3) is 0 Å². The standard InChI is InChI=1S/C11H19N3O/c1-5-12-8(2)6-10-9(3)11(15-4)14-7-13-10/h7-8,12H,5-6H2,1-4H3. The van der Waals surface area contributed by atoms with Crippen molar-refractivity contribution in [2.75, 3.05) is 13.7 Å². The number of nitrogens with one attached hydrogen (secondary N) is 1. The molecular formula is C11H19N3O. The summed E-state index contributed by atoms with van der Waals surface area (Å²) in [5, 5.41) is 3.36. The predicted octanol–water partition coefficient (Wildman–Crippen LogP) is 1.33. The number of likely N-dealkylation sites (N-methyl/N-ethyl adjacent to an activating group) is 1. The first-order chi connectivity index (χ1) is 7.19. The molecule has 4 heteroatoms. The number of nitrogens with zero attached hydrogens (tertiary/aromatic N) is 2. The Morgan fingerprint density at radius 3 is 2.80 bits per heavy atom. The van der Waals surface area contributed by atoms with Crippen LogP contribution in [0.1, 0.15) is 25.1 Å². The first-order valence-electron chi connectivity index (χ1n) is 5.26. The Bertz CT molecular complexity index is 315. The second kappa shape index (κ2) is 5.66. The molecule has 1 unspecified atom stereocenters. The maximum absolute atomic E-state index is 5.16. The van der Waals surface area contributed by atoms with Crippen molar-refractivity contribution in [2.45, 2.75) is 33.2 Å². The van der Waals surface area contributed by atoms with E-state index in [-0.39, 0.29) is 0 Å². The third-order valence-corrected chi connectivity index (χ3v) is 2.39. The Hall–Kier alpha value is -1.16. The molecule has 0 saturated carbocycles. The van der Waals surface area contributed by atoms with Gasteiger partial charge in [0.05, 0.1) is 12.8 Å². The number of methoxy groups -OCH3 is 1. The van der Waals surface area contributed by atoms with Crippen LogP contribution in [0, 0.1) is 6.92 Å². The summed E-state index contributed by atoms with van der Waals surface area (Å²) in [7, 11) is 1.63. The van der Waals surface area contributed by atoms with Crippen molar-refractivity contribution >= 4 is 0 Å². The molecule has 1 aromatic heterocycles. The monoisotopic (exact) mass is 209 g/mol. The topological polar surface area (TPSA) is 47.0 Å². The molecule has 1 aromatic rings. The zero-order valence-corrected chi connectivity index (χ0v) is 9.87. The van der Waals surface area contributed by atoms with Gasteiger partial charge in [-0.3, -0.25) is 0 Å². The fourth-order valence-corrected chi connectivity index (χ4v) is 1.59. The molecule has 0 aliphatic heterocycles. The number of ether oxygens (including phenoxy) is 1. The highest BCUT2D eigenvalue weighted by molar-refractivity contribution is 5.28. The van der Waals surface area contributed by atoms with Gasteiger partial charge in [-0.2, -0.15) is 0 Å². The molecule has 1 atom stereocenters. The lowest BCUT2D eigenvalue weighted by atomic mass is 10.1. The lowest BCUT2D eigenvalue weighted by Crippen LogP contribution is -2.28. The largest absolute Gasteiger partial charge is 0.481 e. The van der Waals surface area contributed by atoms with E-state index in [0.717, 1.165) is 24.2 Å². The van der Waals surface area contributed by atoms with Crippen LogP contribution in [0.3, 0.4) is 0 Å². The predicted molar refractivity (Wildman–Crippen MR) is 60.2 cm³/mol. The molecule has 0 aromatic carbocycles. The van der Waals surface area contributed by atoms with Gasteiger partial charge in [0.15, 0.2) is 0 Å². The first kappa shape index (κ1) is 11.9. The molecule has 0 bridgehead atoms. The van der Waals surface area contributed by atoms with E-state index in [4.69, 9.17) is 4.74 Å². The summed E-state index contributed by atoms with van der Waals surface area (Å²) in [4.78, 5) is 8.33. The number of hydrogen-bond donors (Lipinski definition) is 1. The molecule has 0 saturated heterocycles. The number of rotatable bonds is 5. The summed E-state index contributed by atoms with van der Waals surface area (Å²) in [6.45, 7) is 7.22. The summed E-state index contributed by atoms with van der Waals surface area (Å²) in [6.07, 6.45) is 2.46. The van der Waals surface area contributed by atoms with Crippen LogP contribution in [0.25, 0.3) is 0 Å². The Labute approximate surface area is 91.1 Å². The molecule has 0 radical (unpaired) electrons. The van der Waals surface area contributed by atoms with Gasteiger partial charge < -0.3 is 10.1 Å². The van der Waals surface area contributed by atoms with Crippen molar-refractivity contribution in [1.82, 2.24) is 15.3 Å². The molecule has 4 nitrogen and oxygen atoms in total. The zero-order chi connectivity index (χ0) is 11.3. The summed E-state index contributed by atoms with van der Waals surface area (Å²) < 4.78 is 5.16. The summed E-state index contributed by atoms with van der Waals surface area (Å²) in [6, 6.07) is 0.424. The maximum atomic E-state index is 5.16. The Morgan fingerprint density at radius 2 is 2.20 bits per heavy atom. The van der Waals surface area contributed by atoms with Crippen molar-refractivity contribution in [1.29, 1.82) is 0 Å². The van der Waals surface area contributed by atoms with E-state index in [2.05, 4.69) is 29.1 Å². The summed E-state index contributed by atoms with van der Waals surface area (Å²) in [5.41, 5.74) is 2.08. The van der Waals surface area contributed by atoms with Gasteiger partial charge in [-0.15, -0.1) is 0 Å². The SMILES string of the molecule is CCNC(C)Cc1ncnc(OC)c1C. The fourth-order valence-electron chi connectivity index (χ4n) is 1.59. The average molecular weight is 209 g/mol. The minimum atomic E-state index is 0.424. The van der Waals surface area contributed by atoms with Crippen LogP contribution in [0.4, 0.5) is 0 Å². The van der Waals surface area contributed by atoms with Crippen LogP contribution in [-0.4, -0.2) is 29.7 Å². The third kappa shape index (κ3) is 3.16. The molecule has 0 fully saturated rings. The van der Waals surface area contributed by atoms with Gasteiger partial charge in [-0.1, -0.05) is 6.92 Å². The fraction of sp³-hybridized carbons (Fsp3) is 0.636. The van der Waals surface area contributed by atoms with Gasteiger partial charge in [0.2, 0.25) is 5.88 Å². The lowest BCUT2D eigenvalue weighted by Gasteiger charge is -2.13. The van der Waals surface area contributed by atoms with E-state index in [0.29, 0.717) is 11.9 Å². The van der Waals surface area contributed by atoms with Gasteiger partial charge in [-0.25, -0.2) is 9.97 Å². The van der Waals surface area contributed by atoms with Crippen molar-refractivity contribution in [3.63, 3.8) is 0 Å². The lowest BCUT2D eigenvalue weighted by molar-refractivity contribution is 0.391. The van der Waals surface area contributed by atoms with E-state index >= 15 is 0 Å². The highest BCUT2D eigenvalue weighted by Crippen LogP contribution is 2.16. The van der Waals surface area contributed by atoms with Crippen LogP contribution in [0.2, 0.25) is 0 Å². The molecular weight excluding hydrogens is 190 g/mol. The van der Waals surface area contributed by atoms with Crippen molar-refractivity contribution < 1.29 is 4.74 Å². The highest BCUT2D eigenvalue weighted by Gasteiger charge is 2.10. The molecule has 0 aliphatic rings. The van der Waals surface area contributed by atoms with Crippen molar-refractivity contribution in [2.24, 2.45) is 0 Å². The molecule has 15 heavy (non-hydrogen) atoms. The molecule has 1 heterocycles. The van der Waals surface area contributed by atoms with E-state index in [1.54, 1.807) is 13.4 Å². The zero-order valence-electron chi connectivity index (χ0n) is 9.87. The third-order valence-electron chi connectivity index (χ3n) is 2.39. The second-order valence-corrected chi connectivity index (χ2v) is 3.62. The van der Waals surface area contributed by atoms with Crippen molar-refractivity contribution in [3.05, 3.63) is 17.6 Å². The number of hydrogen-bond acceptors (Lipinski definition) is 4. The van der Waals surface area contributed by atoms with E-state index < -0.39 is 0 Å². The minimum Gasteiger partial charge on any atom is -0.481 e. The van der Waals surface area contributed by atoms with Gasteiger partial charge in [-0.05, 0) is 20.4 Å². The molecule has 84 valence electrons. The summed E-state index contributed by atoms with van der Waals surface area (Å²) >= 11 is 0. The van der Waals surface area contributed by atoms with Gasteiger partial charge >= 0.3 is 0 Å². The molecule has 0 spiro atoms. The normalized spacial score (nSPS) is 12.5. The second-order valence-electron chi connectivity index (χ2n) is 3.62. The number of aromatic nitrogens is 2. The Kier molecular flexibility index (Phi) is 4.49. The van der Waals surface area contributed by atoms with Crippen LogP contribution in [-0.2, 0) is 6.42 Å². The Morgan fingerprint density at radius 1 is 1.47 bits per heavy atom. The molecule has 1 rings (SSSR count). The smallest absolute Gasteiger partial charge is 0.219 e. The first-order valence-corrected chi connectivity index (χ1v) is 5.26. The molecule has 0 amide bonds. The molecule has 0 aliphatic carbocycles. The minimum absolute atomic E-state index is 0.424. The van der Waals surface area contributed by atoms with Crippen molar-refractivity contribution in [3.8, 4) is 5.88 Å². The van der Waals surface area contributed by atoms with Crippen LogP contribution >= 0.6 is 0 Å². The summed E-state index contributed by atoms with van der Waals surface area (Å²) in [5.74, 6) is 0.670. The maximum Gasteiger partial charge on any atom is 0.219 e. The van der Waals surface area contributed by atoms with Crippen LogP contribution in [0.5, 0.6) is 5.88 Å². The average Bonchev–Trinajstić information content (AvgIpc) is 2.21. The van der Waals surface area contributed by atoms with Gasteiger partial charge in [0.1, 0.15) is 6.33 Å². The quantitative estimate of drug-likeness (QED) is 0.795. The Balaban J connectivity index is 2.76. The highest BCUT2D eigenvalue weighted by atomic mass is 16.5. The van der Waals surface area contributed by atoms with E-state index in [1.165, 1.54) is 0 Å². The molecule has 1 N–H and O–H groups in total. The van der Waals surface area contributed by atoms with E-state index in [9.17, 15) is 0 Å². The van der Waals surface area contributed by atoms with Gasteiger partial charge in [0, 0.05) is 18.0 Å². The van der Waals surface area contributed by atoms with Crippen LogP contribution in [0.15, 0.2) is 6.33 Å². The van der Waals surface area contributed by atoms with Crippen LogP contribution < -0.4 is 10.1 Å².